The zero-order valence-electron chi connectivity index (χ0n) is 8.55. The maximum atomic E-state index is 5.65. The highest BCUT2D eigenvalue weighted by molar-refractivity contribution is 6.18. The van der Waals surface area contributed by atoms with E-state index in [0.29, 0.717) is 5.88 Å². The van der Waals surface area contributed by atoms with Gasteiger partial charge in [0.05, 0.1) is 12.2 Å². The van der Waals surface area contributed by atoms with E-state index in [0.717, 1.165) is 37.2 Å². The van der Waals surface area contributed by atoms with Gasteiger partial charge in [0.15, 0.2) is 0 Å². The topological polar surface area (TPSA) is 9.23 Å². The maximum absolute atomic E-state index is 5.65. The molecule has 2 rings (SSSR count). The van der Waals surface area contributed by atoms with Crippen LogP contribution in [0.15, 0.2) is 18.2 Å². The Bertz CT molecular complexity index is 401. The lowest BCUT2D eigenvalue weighted by Gasteiger charge is -2.18. The lowest BCUT2D eigenvalue weighted by Crippen LogP contribution is -2.09. The second-order valence-corrected chi connectivity index (χ2v) is 3.86. The quantitative estimate of drug-likeness (QED) is 0.522. The van der Waals surface area contributed by atoms with Crippen molar-refractivity contribution in [1.29, 1.82) is 0 Å². The molecule has 15 heavy (non-hydrogen) atoms. The Morgan fingerprint density at radius 3 is 3.20 bits per heavy atom. The molecule has 1 aromatic rings. The molecular formula is C13H13ClO. The third kappa shape index (κ3) is 2.46. The Morgan fingerprint density at radius 1 is 1.40 bits per heavy atom. The van der Waals surface area contributed by atoms with Crippen molar-refractivity contribution in [1.82, 2.24) is 0 Å². The van der Waals surface area contributed by atoms with Gasteiger partial charge in [-0.15, -0.1) is 11.6 Å². The van der Waals surface area contributed by atoms with Crippen molar-refractivity contribution in [2.24, 2.45) is 0 Å². The van der Waals surface area contributed by atoms with Crippen LogP contribution >= 0.6 is 11.6 Å². The molecule has 0 radical (unpaired) electrons. The van der Waals surface area contributed by atoms with Gasteiger partial charge in [0.2, 0.25) is 0 Å². The summed E-state index contributed by atoms with van der Waals surface area (Å²) >= 11 is 5.58. The van der Waals surface area contributed by atoms with Crippen LogP contribution in [0.1, 0.15) is 24.0 Å². The number of hydrogen-bond donors (Lipinski definition) is 0. The van der Waals surface area contributed by atoms with Crippen LogP contribution in [0.2, 0.25) is 0 Å². The Morgan fingerprint density at radius 2 is 2.33 bits per heavy atom. The fourth-order valence-corrected chi connectivity index (χ4v) is 1.79. The fraction of sp³-hybridized carbons (Fsp3) is 0.385. The van der Waals surface area contributed by atoms with Crippen LogP contribution < -0.4 is 4.74 Å². The number of halogens is 1. The van der Waals surface area contributed by atoms with Crippen LogP contribution in [-0.2, 0) is 6.42 Å². The van der Waals surface area contributed by atoms with Gasteiger partial charge in [0, 0.05) is 12.3 Å². The zero-order valence-corrected chi connectivity index (χ0v) is 9.31. The van der Waals surface area contributed by atoms with E-state index in [2.05, 4.69) is 17.9 Å². The number of fused-ring (bicyclic) bond motifs is 1. The van der Waals surface area contributed by atoms with Gasteiger partial charge in [-0.05, 0) is 24.5 Å². The first-order valence-corrected chi connectivity index (χ1v) is 5.75. The van der Waals surface area contributed by atoms with E-state index in [-0.39, 0.29) is 0 Å². The molecule has 0 aliphatic carbocycles. The summed E-state index contributed by atoms with van der Waals surface area (Å²) < 4.78 is 5.65. The number of benzene rings is 1. The van der Waals surface area contributed by atoms with Crippen molar-refractivity contribution in [3.63, 3.8) is 0 Å². The highest BCUT2D eigenvalue weighted by Crippen LogP contribution is 2.28. The van der Waals surface area contributed by atoms with Crippen LogP contribution in [0.5, 0.6) is 5.75 Å². The van der Waals surface area contributed by atoms with Crippen molar-refractivity contribution in [3.8, 4) is 17.6 Å². The lowest BCUT2D eigenvalue weighted by molar-refractivity contribution is 0.287. The van der Waals surface area contributed by atoms with E-state index in [1.807, 2.05) is 12.1 Å². The van der Waals surface area contributed by atoms with Crippen molar-refractivity contribution >= 4 is 11.6 Å². The zero-order chi connectivity index (χ0) is 10.5. The van der Waals surface area contributed by atoms with Crippen LogP contribution in [0, 0.1) is 11.8 Å². The molecule has 0 bridgehead atoms. The molecule has 1 nitrogen and oxygen atoms in total. The monoisotopic (exact) mass is 220 g/mol. The van der Waals surface area contributed by atoms with E-state index < -0.39 is 0 Å². The summed E-state index contributed by atoms with van der Waals surface area (Å²) in [5.41, 5.74) is 2.27. The summed E-state index contributed by atoms with van der Waals surface area (Å²) in [6.45, 7) is 0.807. The summed E-state index contributed by atoms with van der Waals surface area (Å²) in [5.74, 6) is 7.72. The molecule has 1 aliphatic heterocycles. The molecule has 1 aliphatic rings. The average molecular weight is 221 g/mol. The normalized spacial score (nSPS) is 13.4. The van der Waals surface area contributed by atoms with E-state index in [1.54, 1.807) is 0 Å². The van der Waals surface area contributed by atoms with E-state index in [9.17, 15) is 0 Å². The third-order valence-electron chi connectivity index (χ3n) is 2.38. The average Bonchev–Trinajstić information content (AvgIpc) is 2.30. The van der Waals surface area contributed by atoms with Gasteiger partial charge >= 0.3 is 0 Å². The largest absolute Gasteiger partial charge is 0.492 e. The SMILES string of the molecule is ClCCC#Cc1cccc2c1OCCC2. The second-order valence-electron chi connectivity index (χ2n) is 3.49. The number of rotatable bonds is 1. The molecule has 0 spiro atoms. The van der Waals surface area contributed by atoms with Crippen LogP contribution in [-0.4, -0.2) is 12.5 Å². The number of ether oxygens (including phenoxy) is 1. The lowest BCUT2D eigenvalue weighted by atomic mass is 10.0. The fourth-order valence-electron chi connectivity index (χ4n) is 1.69. The van der Waals surface area contributed by atoms with Gasteiger partial charge < -0.3 is 4.74 Å². The standard InChI is InChI=1S/C13H13ClO/c14-9-2-1-5-11-6-3-7-12-8-4-10-15-13(11)12/h3,6-7H,2,4,8-10H2. The Kier molecular flexibility index (Phi) is 3.53. The van der Waals surface area contributed by atoms with Gasteiger partial charge in [0.25, 0.3) is 0 Å². The minimum atomic E-state index is 0.586. The Labute approximate surface area is 95.4 Å². The number of aryl methyl sites for hydroxylation is 1. The van der Waals surface area contributed by atoms with Crippen molar-refractivity contribution in [2.45, 2.75) is 19.3 Å². The van der Waals surface area contributed by atoms with Gasteiger partial charge in [-0.2, -0.15) is 0 Å². The molecule has 0 atom stereocenters. The second kappa shape index (κ2) is 5.09. The summed E-state index contributed by atoms with van der Waals surface area (Å²) in [4.78, 5) is 0. The van der Waals surface area contributed by atoms with Crippen LogP contribution in [0.3, 0.4) is 0 Å². The van der Waals surface area contributed by atoms with Gasteiger partial charge in [-0.3, -0.25) is 0 Å². The predicted molar refractivity (Wildman–Crippen MR) is 62.5 cm³/mol. The number of hydrogen-bond acceptors (Lipinski definition) is 1. The predicted octanol–water partition coefficient (Wildman–Crippen LogP) is 2.99. The maximum Gasteiger partial charge on any atom is 0.138 e. The molecule has 2 heteroatoms. The van der Waals surface area contributed by atoms with E-state index in [4.69, 9.17) is 16.3 Å². The molecule has 0 fully saturated rings. The van der Waals surface area contributed by atoms with E-state index in [1.165, 1.54) is 5.56 Å². The highest BCUT2D eigenvalue weighted by Gasteiger charge is 2.12. The molecule has 1 aromatic carbocycles. The molecule has 0 aromatic heterocycles. The minimum Gasteiger partial charge on any atom is -0.492 e. The van der Waals surface area contributed by atoms with Crippen LogP contribution in [0.25, 0.3) is 0 Å². The summed E-state index contributed by atoms with van der Waals surface area (Å²) in [6, 6.07) is 6.16. The summed E-state index contributed by atoms with van der Waals surface area (Å²) in [7, 11) is 0. The van der Waals surface area contributed by atoms with Crippen molar-refractivity contribution < 1.29 is 4.74 Å². The third-order valence-corrected chi connectivity index (χ3v) is 2.56. The van der Waals surface area contributed by atoms with Crippen LogP contribution in [0.4, 0.5) is 0 Å². The van der Waals surface area contributed by atoms with E-state index >= 15 is 0 Å². The van der Waals surface area contributed by atoms with Gasteiger partial charge in [-0.1, -0.05) is 24.0 Å². The van der Waals surface area contributed by atoms with Gasteiger partial charge in [0.1, 0.15) is 5.75 Å². The molecule has 0 amide bonds. The Balaban J connectivity index is 2.28. The molecule has 0 saturated carbocycles. The first-order valence-electron chi connectivity index (χ1n) is 5.21. The first kappa shape index (κ1) is 10.4. The first-order chi connectivity index (χ1) is 7.42. The molecule has 78 valence electrons. The molecule has 1 heterocycles. The van der Waals surface area contributed by atoms with Crippen molar-refractivity contribution in [3.05, 3.63) is 29.3 Å². The van der Waals surface area contributed by atoms with Gasteiger partial charge in [-0.25, -0.2) is 0 Å². The summed E-state index contributed by atoms with van der Waals surface area (Å²) in [6.07, 6.45) is 2.93. The molecule has 0 saturated heterocycles. The minimum absolute atomic E-state index is 0.586. The number of para-hydroxylation sites is 1. The molecule has 0 unspecified atom stereocenters. The smallest absolute Gasteiger partial charge is 0.138 e. The molecule has 0 N–H and O–H groups in total. The molecular weight excluding hydrogens is 208 g/mol. The summed E-state index contributed by atoms with van der Waals surface area (Å²) in [5, 5.41) is 0. The highest BCUT2D eigenvalue weighted by atomic mass is 35.5. The number of alkyl halides is 1. The van der Waals surface area contributed by atoms with Crippen molar-refractivity contribution in [2.75, 3.05) is 12.5 Å². The Hall–Kier alpha value is -1.13.